The van der Waals surface area contributed by atoms with E-state index in [-0.39, 0.29) is 5.75 Å². The highest BCUT2D eigenvalue weighted by atomic mass is 19.1. The van der Waals surface area contributed by atoms with Crippen molar-refractivity contribution in [2.75, 3.05) is 0 Å². The summed E-state index contributed by atoms with van der Waals surface area (Å²) in [5.74, 6) is -1.60. The normalized spacial score (nSPS) is 11.5. The second kappa shape index (κ2) is 6.65. The molecule has 0 N–H and O–H groups in total. The molecule has 0 spiro atoms. The zero-order chi connectivity index (χ0) is 15.2. The van der Waals surface area contributed by atoms with Crippen LogP contribution in [-0.4, -0.2) is 11.9 Å². The fraction of sp³-hybridized carbons (Fsp3) is 0.125. The SMILES string of the molecule is CC(=O)O[C@@H](C(=O)Oc1ccc(F)cc1)c1ccccc1. The van der Waals surface area contributed by atoms with Crippen molar-refractivity contribution in [3.63, 3.8) is 0 Å². The highest BCUT2D eigenvalue weighted by Gasteiger charge is 2.25. The third-order valence-electron chi connectivity index (χ3n) is 2.63. The highest BCUT2D eigenvalue weighted by Crippen LogP contribution is 2.21. The molecule has 2 aromatic carbocycles. The molecule has 0 amide bonds. The van der Waals surface area contributed by atoms with Gasteiger partial charge in [-0.1, -0.05) is 30.3 Å². The number of halogens is 1. The summed E-state index contributed by atoms with van der Waals surface area (Å²) in [6, 6.07) is 13.5. The van der Waals surface area contributed by atoms with Crippen LogP contribution in [0.15, 0.2) is 54.6 Å². The molecular weight excluding hydrogens is 275 g/mol. The standard InChI is InChI=1S/C16H13FO4/c1-11(18)20-15(12-5-3-2-4-6-12)16(19)21-14-9-7-13(17)8-10-14/h2-10,15H,1H3/t15-/m1/s1. The van der Waals surface area contributed by atoms with Gasteiger partial charge in [0.15, 0.2) is 0 Å². The Morgan fingerprint density at radius 2 is 1.62 bits per heavy atom. The fourth-order valence-corrected chi connectivity index (χ4v) is 1.72. The van der Waals surface area contributed by atoms with Gasteiger partial charge in [0.1, 0.15) is 11.6 Å². The average molecular weight is 288 g/mol. The van der Waals surface area contributed by atoms with E-state index in [0.717, 1.165) is 0 Å². The lowest BCUT2D eigenvalue weighted by Gasteiger charge is -2.16. The minimum absolute atomic E-state index is 0.175. The molecule has 5 heteroatoms. The number of carbonyl (C=O) groups excluding carboxylic acids is 2. The van der Waals surface area contributed by atoms with Gasteiger partial charge < -0.3 is 9.47 Å². The van der Waals surface area contributed by atoms with Crippen molar-refractivity contribution in [2.24, 2.45) is 0 Å². The number of benzene rings is 2. The molecule has 0 aromatic heterocycles. The number of rotatable bonds is 4. The molecule has 0 aliphatic carbocycles. The van der Waals surface area contributed by atoms with Gasteiger partial charge in [-0.25, -0.2) is 9.18 Å². The van der Waals surface area contributed by atoms with Gasteiger partial charge in [0.2, 0.25) is 6.10 Å². The van der Waals surface area contributed by atoms with Gasteiger partial charge in [-0.15, -0.1) is 0 Å². The Balaban J connectivity index is 2.18. The molecule has 0 aliphatic heterocycles. The van der Waals surface area contributed by atoms with E-state index in [1.54, 1.807) is 30.3 Å². The molecule has 108 valence electrons. The third kappa shape index (κ3) is 4.14. The molecule has 0 aliphatic rings. The first-order chi connectivity index (χ1) is 10.1. The Morgan fingerprint density at radius 3 is 2.19 bits per heavy atom. The van der Waals surface area contributed by atoms with E-state index >= 15 is 0 Å². The first-order valence-electron chi connectivity index (χ1n) is 6.25. The first-order valence-corrected chi connectivity index (χ1v) is 6.25. The van der Waals surface area contributed by atoms with Crippen molar-refractivity contribution < 1.29 is 23.5 Å². The fourth-order valence-electron chi connectivity index (χ4n) is 1.72. The summed E-state index contributed by atoms with van der Waals surface area (Å²) >= 11 is 0. The largest absolute Gasteiger partial charge is 0.446 e. The maximum Gasteiger partial charge on any atom is 0.357 e. The van der Waals surface area contributed by atoms with E-state index in [9.17, 15) is 14.0 Å². The van der Waals surface area contributed by atoms with Gasteiger partial charge in [0, 0.05) is 12.5 Å². The number of hydrogen-bond acceptors (Lipinski definition) is 4. The van der Waals surface area contributed by atoms with Crippen LogP contribution in [0.1, 0.15) is 18.6 Å². The summed E-state index contributed by atoms with van der Waals surface area (Å²) in [7, 11) is 0. The van der Waals surface area contributed by atoms with E-state index in [1.807, 2.05) is 0 Å². The van der Waals surface area contributed by atoms with E-state index in [4.69, 9.17) is 9.47 Å². The van der Waals surface area contributed by atoms with Gasteiger partial charge in [0.05, 0.1) is 0 Å². The van der Waals surface area contributed by atoms with Gasteiger partial charge in [-0.3, -0.25) is 4.79 Å². The molecule has 21 heavy (non-hydrogen) atoms. The Hall–Kier alpha value is -2.69. The second-order valence-electron chi connectivity index (χ2n) is 4.28. The maximum absolute atomic E-state index is 12.8. The molecule has 0 saturated carbocycles. The van der Waals surface area contributed by atoms with Crippen LogP contribution in [0.3, 0.4) is 0 Å². The van der Waals surface area contributed by atoms with Gasteiger partial charge >= 0.3 is 11.9 Å². The Morgan fingerprint density at radius 1 is 1.00 bits per heavy atom. The van der Waals surface area contributed by atoms with Crippen molar-refractivity contribution in [3.8, 4) is 5.75 Å². The van der Waals surface area contributed by atoms with Gasteiger partial charge in [-0.2, -0.15) is 0 Å². The van der Waals surface area contributed by atoms with Crippen LogP contribution in [0.5, 0.6) is 5.75 Å². The molecule has 0 fully saturated rings. The number of hydrogen-bond donors (Lipinski definition) is 0. The molecule has 4 nitrogen and oxygen atoms in total. The van der Waals surface area contributed by atoms with Crippen LogP contribution in [-0.2, 0) is 14.3 Å². The van der Waals surface area contributed by atoms with Crippen LogP contribution < -0.4 is 4.74 Å². The van der Waals surface area contributed by atoms with Crippen LogP contribution >= 0.6 is 0 Å². The Bertz CT molecular complexity index is 622. The molecular formula is C16H13FO4. The zero-order valence-corrected chi connectivity index (χ0v) is 11.3. The predicted molar refractivity (Wildman–Crippen MR) is 73.0 cm³/mol. The van der Waals surface area contributed by atoms with Gasteiger partial charge in [0.25, 0.3) is 0 Å². The molecule has 1 atom stereocenters. The molecule has 0 radical (unpaired) electrons. The highest BCUT2D eigenvalue weighted by molar-refractivity contribution is 5.81. The third-order valence-corrected chi connectivity index (χ3v) is 2.63. The van der Waals surface area contributed by atoms with Crippen LogP contribution in [0.4, 0.5) is 4.39 Å². The summed E-state index contributed by atoms with van der Waals surface area (Å²) < 4.78 is 22.9. The van der Waals surface area contributed by atoms with Crippen molar-refractivity contribution in [1.82, 2.24) is 0 Å². The van der Waals surface area contributed by atoms with E-state index in [0.29, 0.717) is 5.56 Å². The smallest absolute Gasteiger partial charge is 0.357 e. The van der Waals surface area contributed by atoms with Crippen molar-refractivity contribution >= 4 is 11.9 Å². The minimum Gasteiger partial charge on any atom is -0.446 e. The Labute approximate surface area is 121 Å². The zero-order valence-electron chi connectivity index (χ0n) is 11.3. The van der Waals surface area contributed by atoms with Crippen LogP contribution in [0.2, 0.25) is 0 Å². The lowest BCUT2D eigenvalue weighted by Crippen LogP contribution is -2.23. The maximum atomic E-state index is 12.8. The molecule has 2 rings (SSSR count). The van der Waals surface area contributed by atoms with Crippen molar-refractivity contribution in [3.05, 3.63) is 66.0 Å². The van der Waals surface area contributed by atoms with Crippen LogP contribution in [0.25, 0.3) is 0 Å². The summed E-state index contributed by atoms with van der Waals surface area (Å²) in [6.45, 7) is 1.21. The van der Waals surface area contributed by atoms with Gasteiger partial charge in [-0.05, 0) is 24.3 Å². The van der Waals surface area contributed by atoms with Crippen molar-refractivity contribution in [1.29, 1.82) is 0 Å². The molecule has 0 heterocycles. The molecule has 2 aromatic rings. The van der Waals surface area contributed by atoms with E-state index in [2.05, 4.69) is 0 Å². The minimum atomic E-state index is -1.16. The van der Waals surface area contributed by atoms with E-state index in [1.165, 1.54) is 31.2 Å². The summed E-state index contributed by atoms with van der Waals surface area (Å²) in [5.41, 5.74) is 0.500. The number of carbonyl (C=O) groups is 2. The van der Waals surface area contributed by atoms with Crippen LogP contribution in [0, 0.1) is 5.82 Å². The Kier molecular flexibility index (Phi) is 4.66. The topological polar surface area (TPSA) is 52.6 Å². The predicted octanol–water partition coefficient (Wildman–Crippen LogP) is 3.04. The first kappa shape index (κ1) is 14.7. The summed E-state index contributed by atoms with van der Waals surface area (Å²) in [6.07, 6.45) is -1.16. The van der Waals surface area contributed by atoms with E-state index < -0.39 is 23.9 Å². The average Bonchev–Trinajstić information content (AvgIpc) is 2.48. The number of ether oxygens (including phenoxy) is 2. The summed E-state index contributed by atoms with van der Waals surface area (Å²) in [4.78, 5) is 23.3. The summed E-state index contributed by atoms with van der Waals surface area (Å²) in [5, 5.41) is 0. The molecule has 0 saturated heterocycles. The molecule has 0 bridgehead atoms. The monoisotopic (exact) mass is 288 g/mol. The van der Waals surface area contributed by atoms with Crippen molar-refractivity contribution in [2.45, 2.75) is 13.0 Å². The second-order valence-corrected chi connectivity index (χ2v) is 4.28. The number of esters is 2. The lowest BCUT2D eigenvalue weighted by molar-refractivity contribution is -0.161. The molecule has 0 unspecified atom stereocenters. The lowest BCUT2D eigenvalue weighted by atomic mass is 10.1. The quantitative estimate of drug-likeness (QED) is 0.641.